The van der Waals surface area contributed by atoms with E-state index in [-0.39, 0.29) is 6.04 Å². The van der Waals surface area contributed by atoms with Crippen LogP contribution in [0.3, 0.4) is 0 Å². The molecule has 0 aliphatic rings. The number of nitrogens with zero attached hydrogens (tertiary/aromatic N) is 1. The molecule has 1 aromatic heterocycles. The number of nitrogens with one attached hydrogen (secondary N) is 1. The Kier molecular flexibility index (Phi) is 4.87. The summed E-state index contributed by atoms with van der Waals surface area (Å²) in [5.74, 6) is 0. The lowest BCUT2D eigenvalue weighted by molar-refractivity contribution is 0.578. The van der Waals surface area contributed by atoms with Crippen molar-refractivity contribution < 1.29 is 0 Å². The van der Waals surface area contributed by atoms with E-state index in [1.165, 1.54) is 4.88 Å². The normalized spacial score (nSPS) is 12.7. The zero-order chi connectivity index (χ0) is 13.1. The van der Waals surface area contributed by atoms with Gasteiger partial charge >= 0.3 is 0 Å². The summed E-state index contributed by atoms with van der Waals surface area (Å²) < 4.78 is 0. The van der Waals surface area contributed by atoms with Crippen molar-refractivity contribution in [1.29, 1.82) is 0 Å². The monoisotopic (exact) mass is 320 g/mol. The predicted octanol–water partition coefficient (Wildman–Crippen LogP) is 4.95. The zero-order valence-corrected chi connectivity index (χ0v) is 12.7. The van der Waals surface area contributed by atoms with E-state index in [4.69, 9.17) is 34.8 Å². The molecule has 2 aromatic rings. The SMILES string of the molecule is CC(NCc1cncs1)c1ccc(Cl)c(Cl)c1Cl. The van der Waals surface area contributed by atoms with Gasteiger partial charge in [0.05, 0.1) is 20.6 Å². The molecule has 0 aliphatic heterocycles. The Morgan fingerprint density at radius 1 is 1.28 bits per heavy atom. The molecule has 2 nitrogen and oxygen atoms in total. The maximum Gasteiger partial charge on any atom is 0.0794 e. The minimum atomic E-state index is 0.0920. The minimum absolute atomic E-state index is 0.0920. The highest BCUT2D eigenvalue weighted by Gasteiger charge is 2.14. The summed E-state index contributed by atoms with van der Waals surface area (Å²) in [4.78, 5) is 5.21. The summed E-state index contributed by atoms with van der Waals surface area (Å²) >= 11 is 19.7. The second-order valence-corrected chi connectivity index (χ2v) is 5.97. The van der Waals surface area contributed by atoms with Crippen molar-refractivity contribution in [1.82, 2.24) is 10.3 Å². The third-order valence-electron chi connectivity index (χ3n) is 2.60. The van der Waals surface area contributed by atoms with Crippen LogP contribution in [0.1, 0.15) is 23.4 Å². The van der Waals surface area contributed by atoms with Gasteiger partial charge in [-0.25, -0.2) is 0 Å². The molecule has 1 unspecified atom stereocenters. The summed E-state index contributed by atoms with van der Waals surface area (Å²) in [7, 11) is 0. The first-order chi connectivity index (χ1) is 8.59. The maximum atomic E-state index is 6.19. The molecule has 1 N–H and O–H groups in total. The number of benzene rings is 1. The van der Waals surface area contributed by atoms with Gasteiger partial charge in [-0.3, -0.25) is 4.98 Å². The maximum absolute atomic E-state index is 6.19. The number of hydrogen-bond acceptors (Lipinski definition) is 3. The van der Waals surface area contributed by atoms with Gasteiger partial charge in [0, 0.05) is 23.7 Å². The Hall–Kier alpha value is -0.320. The van der Waals surface area contributed by atoms with Crippen molar-refractivity contribution in [2.24, 2.45) is 0 Å². The second-order valence-electron chi connectivity index (χ2n) is 3.83. The average molecular weight is 322 g/mol. The average Bonchev–Trinajstić information content (AvgIpc) is 2.86. The minimum Gasteiger partial charge on any atom is -0.305 e. The molecule has 0 spiro atoms. The van der Waals surface area contributed by atoms with Crippen LogP contribution in [0.25, 0.3) is 0 Å². The first kappa shape index (κ1) is 14.1. The molecule has 0 aliphatic carbocycles. The lowest BCUT2D eigenvalue weighted by Gasteiger charge is -2.16. The number of thiazole rings is 1. The molecule has 6 heteroatoms. The predicted molar refractivity (Wildman–Crippen MR) is 78.8 cm³/mol. The van der Waals surface area contributed by atoms with Crippen molar-refractivity contribution in [3.63, 3.8) is 0 Å². The van der Waals surface area contributed by atoms with Gasteiger partial charge in [-0.05, 0) is 18.6 Å². The Morgan fingerprint density at radius 3 is 2.72 bits per heavy atom. The van der Waals surface area contributed by atoms with E-state index in [0.717, 1.165) is 12.1 Å². The summed E-state index contributed by atoms with van der Waals surface area (Å²) in [6, 6.07) is 3.74. The molecular weight excluding hydrogens is 311 g/mol. The van der Waals surface area contributed by atoms with Gasteiger partial charge in [-0.15, -0.1) is 11.3 Å². The van der Waals surface area contributed by atoms with Crippen molar-refractivity contribution in [2.75, 3.05) is 0 Å². The van der Waals surface area contributed by atoms with Gasteiger partial charge < -0.3 is 5.32 Å². The van der Waals surface area contributed by atoms with Gasteiger partial charge in [0.25, 0.3) is 0 Å². The third kappa shape index (κ3) is 3.16. The topological polar surface area (TPSA) is 24.9 Å². The summed E-state index contributed by atoms with van der Waals surface area (Å²) in [6.45, 7) is 2.79. The summed E-state index contributed by atoms with van der Waals surface area (Å²) in [6.07, 6.45) is 1.85. The lowest BCUT2D eigenvalue weighted by Crippen LogP contribution is -2.17. The van der Waals surface area contributed by atoms with Crippen molar-refractivity contribution in [3.8, 4) is 0 Å². The van der Waals surface area contributed by atoms with Crippen molar-refractivity contribution in [2.45, 2.75) is 19.5 Å². The standard InChI is InChI=1S/C12H11Cl3N2S/c1-7(17-5-8-4-16-6-18-8)9-2-3-10(13)12(15)11(9)14/h2-4,6-7,17H,5H2,1H3. The Morgan fingerprint density at radius 2 is 2.06 bits per heavy atom. The highest BCUT2D eigenvalue weighted by molar-refractivity contribution is 7.09. The van der Waals surface area contributed by atoms with Crippen LogP contribution in [0.15, 0.2) is 23.8 Å². The Labute approximate surface area is 125 Å². The first-order valence-corrected chi connectivity index (χ1v) is 7.35. The van der Waals surface area contributed by atoms with Crippen molar-refractivity contribution >= 4 is 46.1 Å². The van der Waals surface area contributed by atoms with E-state index in [2.05, 4.69) is 10.3 Å². The van der Waals surface area contributed by atoms with E-state index in [1.54, 1.807) is 17.4 Å². The Bertz CT molecular complexity index is 528. The quantitative estimate of drug-likeness (QED) is 0.806. The van der Waals surface area contributed by atoms with E-state index < -0.39 is 0 Å². The van der Waals surface area contributed by atoms with E-state index in [1.807, 2.05) is 24.7 Å². The fraction of sp³-hybridized carbons (Fsp3) is 0.250. The number of halogens is 3. The molecule has 96 valence electrons. The summed E-state index contributed by atoms with van der Waals surface area (Å²) in [5.41, 5.74) is 2.75. The van der Waals surface area contributed by atoms with Crippen LogP contribution in [0, 0.1) is 0 Å². The van der Waals surface area contributed by atoms with Gasteiger partial charge in [-0.2, -0.15) is 0 Å². The van der Waals surface area contributed by atoms with Gasteiger partial charge in [0.15, 0.2) is 0 Å². The van der Waals surface area contributed by atoms with Crippen LogP contribution in [0.5, 0.6) is 0 Å². The molecule has 18 heavy (non-hydrogen) atoms. The Balaban J connectivity index is 2.09. The van der Waals surface area contributed by atoms with Gasteiger partial charge in [-0.1, -0.05) is 40.9 Å². The number of rotatable bonds is 4. The fourth-order valence-electron chi connectivity index (χ4n) is 1.57. The van der Waals surface area contributed by atoms with E-state index in [9.17, 15) is 0 Å². The van der Waals surface area contributed by atoms with Gasteiger partial charge in [0.2, 0.25) is 0 Å². The highest BCUT2D eigenvalue weighted by atomic mass is 35.5. The zero-order valence-electron chi connectivity index (χ0n) is 9.58. The molecular formula is C12H11Cl3N2S. The largest absolute Gasteiger partial charge is 0.305 e. The van der Waals surface area contributed by atoms with E-state index >= 15 is 0 Å². The smallest absolute Gasteiger partial charge is 0.0794 e. The molecule has 1 aromatic carbocycles. The van der Waals surface area contributed by atoms with Crippen molar-refractivity contribution in [3.05, 3.63) is 49.3 Å². The lowest BCUT2D eigenvalue weighted by atomic mass is 10.1. The highest BCUT2D eigenvalue weighted by Crippen LogP contribution is 2.35. The van der Waals surface area contributed by atoms with Crippen LogP contribution in [0.2, 0.25) is 15.1 Å². The molecule has 1 atom stereocenters. The molecule has 0 bridgehead atoms. The van der Waals surface area contributed by atoms with Crippen LogP contribution >= 0.6 is 46.1 Å². The van der Waals surface area contributed by atoms with Crippen LogP contribution in [-0.4, -0.2) is 4.98 Å². The van der Waals surface area contributed by atoms with Crippen LogP contribution in [0.4, 0.5) is 0 Å². The molecule has 1 heterocycles. The molecule has 0 amide bonds. The summed E-state index contributed by atoms with van der Waals surface area (Å²) in [5, 5.41) is 4.76. The molecule has 0 saturated carbocycles. The third-order valence-corrected chi connectivity index (χ3v) is 4.69. The fourth-order valence-corrected chi connectivity index (χ4v) is 2.82. The van der Waals surface area contributed by atoms with Gasteiger partial charge in [0.1, 0.15) is 0 Å². The second kappa shape index (κ2) is 6.22. The molecule has 0 radical (unpaired) electrons. The molecule has 0 saturated heterocycles. The van der Waals surface area contributed by atoms with Crippen LogP contribution < -0.4 is 5.32 Å². The van der Waals surface area contributed by atoms with E-state index in [0.29, 0.717) is 15.1 Å². The first-order valence-electron chi connectivity index (χ1n) is 5.33. The van der Waals surface area contributed by atoms with Crippen LogP contribution in [-0.2, 0) is 6.54 Å². The molecule has 0 fully saturated rings. The number of hydrogen-bond donors (Lipinski definition) is 1. The molecule has 2 rings (SSSR count). The number of aromatic nitrogens is 1.